The van der Waals surface area contributed by atoms with Crippen molar-refractivity contribution in [3.8, 4) is 0 Å². The molecule has 4 heterocycles. The lowest BCUT2D eigenvalue weighted by Gasteiger charge is -2.39. The highest BCUT2D eigenvalue weighted by Gasteiger charge is 2.29. The lowest BCUT2D eigenvalue weighted by Crippen LogP contribution is -2.49. The molecule has 0 bridgehead atoms. The van der Waals surface area contributed by atoms with Crippen LogP contribution in [0.3, 0.4) is 0 Å². The summed E-state index contributed by atoms with van der Waals surface area (Å²) in [7, 11) is 0. The van der Waals surface area contributed by atoms with Crippen LogP contribution in [0.1, 0.15) is 31.6 Å². The molecule has 1 N–H and O–H groups in total. The van der Waals surface area contributed by atoms with Gasteiger partial charge in [0, 0.05) is 64.6 Å². The highest BCUT2D eigenvalue weighted by Crippen LogP contribution is 2.27. The Bertz CT molecular complexity index is 777. The van der Waals surface area contributed by atoms with E-state index in [-0.39, 0.29) is 24.0 Å². The summed E-state index contributed by atoms with van der Waals surface area (Å²) in [6.45, 7) is 10.8. The molecule has 2 aromatic rings. The highest BCUT2D eigenvalue weighted by molar-refractivity contribution is 14.0. The number of rotatable bonds is 8. The third-order valence-electron chi connectivity index (χ3n) is 6.36. The number of likely N-dealkylation sites (tertiary alicyclic amines) is 1. The zero-order valence-corrected chi connectivity index (χ0v) is 21.4. The average molecular weight is 556 g/mol. The van der Waals surface area contributed by atoms with Gasteiger partial charge in [0.05, 0.1) is 31.8 Å². The second kappa shape index (κ2) is 13.2. The smallest absolute Gasteiger partial charge is 0.194 e. The highest BCUT2D eigenvalue weighted by atomic mass is 127. The number of hydrogen-bond acceptors (Lipinski definition) is 5. The first-order chi connectivity index (χ1) is 15.3. The molecule has 32 heavy (non-hydrogen) atoms. The summed E-state index contributed by atoms with van der Waals surface area (Å²) in [6, 6.07) is 4.39. The van der Waals surface area contributed by atoms with Gasteiger partial charge >= 0.3 is 0 Å². The van der Waals surface area contributed by atoms with Gasteiger partial charge in [0.15, 0.2) is 5.96 Å². The summed E-state index contributed by atoms with van der Waals surface area (Å²) >= 11 is 0. The van der Waals surface area contributed by atoms with Gasteiger partial charge in [0.25, 0.3) is 0 Å². The van der Waals surface area contributed by atoms with E-state index in [1.807, 2.05) is 24.7 Å². The quantitative estimate of drug-likeness (QED) is 0.234. The predicted octanol–water partition coefficient (Wildman–Crippen LogP) is 2.89. The van der Waals surface area contributed by atoms with E-state index in [4.69, 9.17) is 14.1 Å². The number of piperidine rings is 1. The standard InChI is InChI=1S/C23H36N6O2.HI/c1-20-6-11-28(18-22(20)29-12-9-24-19-29)23(26-8-5-21-4-2-15-31-21)25-7-3-10-27-13-16-30-17-14-27;/h2,4,9,12,15,19-20,22H,3,5-8,10-11,13-14,16-18H2,1H3,(H,25,26);1H. The van der Waals surface area contributed by atoms with Crippen LogP contribution in [0.4, 0.5) is 0 Å². The molecule has 4 rings (SSSR count). The maximum Gasteiger partial charge on any atom is 0.194 e. The SMILES string of the molecule is CC1CCN(C(=NCCCN2CCOCC2)NCCc2ccco2)CC1n1ccnc1.I. The summed E-state index contributed by atoms with van der Waals surface area (Å²) in [5.41, 5.74) is 0. The van der Waals surface area contributed by atoms with Crippen molar-refractivity contribution in [2.24, 2.45) is 10.9 Å². The number of nitrogens with one attached hydrogen (secondary N) is 1. The van der Waals surface area contributed by atoms with Crippen molar-refractivity contribution in [1.82, 2.24) is 24.7 Å². The molecular formula is C23H37IN6O2. The van der Waals surface area contributed by atoms with Crippen LogP contribution in [0.2, 0.25) is 0 Å². The molecule has 0 spiro atoms. The maximum atomic E-state index is 5.49. The Hall–Kier alpha value is -1.59. The third kappa shape index (κ3) is 7.21. The second-order valence-electron chi connectivity index (χ2n) is 8.56. The average Bonchev–Trinajstić information content (AvgIpc) is 3.51. The number of aromatic nitrogens is 2. The molecule has 0 radical (unpaired) electrons. The Morgan fingerprint density at radius 1 is 1.28 bits per heavy atom. The fourth-order valence-corrected chi connectivity index (χ4v) is 4.42. The molecule has 8 nitrogen and oxygen atoms in total. The van der Waals surface area contributed by atoms with Crippen LogP contribution in [0.15, 0.2) is 46.5 Å². The maximum absolute atomic E-state index is 5.49. The van der Waals surface area contributed by atoms with Crippen LogP contribution in [-0.2, 0) is 11.2 Å². The molecule has 0 saturated carbocycles. The minimum Gasteiger partial charge on any atom is -0.469 e. The lowest BCUT2D eigenvalue weighted by molar-refractivity contribution is 0.0377. The number of imidazole rings is 1. The molecule has 2 fully saturated rings. The van der Waals surface area contributed by atoms with Crippen molar-refractivity contribution >= 4 is 29.9 Å². The van der Waals surface area contributed by atoms with Crippen LogP contribution in [0, 0.1) is 5.92 Å². The molecule has 0 amide bonds. The second-order valence-corrected chi connectivity index (χ2v) is 8.56. The van der Waals surface area contributed by atoms with Crippen molar-refractivity contribution in [3.63, 3.8) is 0 Å². The van der Waals surface area contributed by atoms with Gasteiger partial charge in [-0.25, -0.2) is 4.98 Å². The van der Waals surface area contributed by atoms with E-state index in [9.17, 15) is 0 Å². The Kier molecular flexibility index (Phi) is 10.3. The van der Waals surface area contributed by atoms with E-state index in [0.717, 1.165) is 90.0 Å². The first-order valence-corrected chi connectivity index (χ1v) is 11.6. The number of ether oxygens (including phenoxy) is 1. The van der Waals surface area contributed by atoms with Crippen LogP contribution >= 0.6 is 24.0 Å². The van der Waals surface area contributed by atoms with Gasteiger partial charge < -0.3 is 23.9 Å². The van der Waals surface area contributed by atoms with Gasteiger partial charge in [0.2, 0.25) is 0 Å². The van der Waals surface area contributed by atoms with Gasteiger partial charge in [-0.1, -0.05) is 6.92 Å². The first kappa shape index (κ1) is 25.0. The molecule has 2 aromatic heterocycles. The van der Waals surface area contributed by atoms with Gasteiger partial charge in [-0.05, 0) is 30.9 Å². The van der Waals surface area contributed by atoms with Crippen molar-refractivity contribution < 1.29 is 9.15 Å². The van der Waals surface area contributed by atoms with Gasteiger partial charge in [-0.3, -0.25) is 9.89 Å². The Labute approximate surface area is 208 Å². The van der Waals surface area contributed by atoms with Crippen molar-refractivity contribution in [2.75, 3.05) is 59.0 Å². The van der Waals surface area contributed by atoms with E-state index in [2.05, 4.69) is 37.8 Å². The van der Waals surface area contributed by atoms with Crippen molar-refractivity contribution in [1.29, 1.82) is 0 Å². The Balaban J connectivity index is 0.00000289. The van der Waals surface area contributed by atoms with E-state index in [1.165, 1.54) is 0 Å². The summed E-state index contributed by atoms with van der Waals surface area (Å²) in [6.07, 6.45) is 10.7. The molecule has 0 aliphatic carbocycles. The molecule has 0 aromatic carbocycles. The molecule has 178 valence electrons. The topological polar surface area (TPSA) is 71.1 Å². The Morgan fingerprint density at radius 3 is 2.91 bits per heavy atom. The van der Waals surface area contributed by atoms with Crippen LogP contribution in [-0.4, -0.2) is 84.3 Å². The minimum absolute atomic E-state index is 0. The number of nitrogens with zero attached hydrogens (tertiary/aromatic N) is 5. The number of aliphatic imine (C=N–C) groups is 1. The van der Waals surface area contributed by atoms with E-state index in [0.29, 0.717) is 12.0 Å². The molecular weight excluding hydrogens is 519 g/mol. The molecule has 2 aliphatic rings. The number of hydrogen-bond donors (Lipinski definition) is 1. The van der Waals surface area contributed by atoms with Gasteiger partial charge in [0.1, 0.15) is 5.76 Å². The van der Waals surface area contributed by atoms with Crippen LogP contribution < -0.4 is 5.32 Å². The zero-order chi connectivity index (χ0) is 21.3. The zero-order valence-electron chi connectivity index (χ0n) is 19.1. The van der Waals surface area contributed by atoms with E-state index < -0.39 is 0 Å². The summed E-state index contributed by atoms with van der Waals surface area (Å²) in [5, 5.41) is 3.60. The fraction of sp³-hybridized carbons (Fsp3) is 0.652. The summed E-state index contributed by atoms with van der Waals surface area (Å²) < 4.78 is 13.2. The monoisotopic (exact) mass is 556 g/mol. The lowest BCUT2D eigenvalue weighted by atomic mass is 9.93. The number of halogens is 1. The number of furan rings is 1. The fourth-order valence-electron chi connectivity index (χ4n) is 4.42. The summed E-state index contributed by atoms with van der Waals surface area (Å²) in [4.78, 5) is 14.2. The molecule has 2 saturated heterocycles. The number of morpholine rings is 1. The number of guanidine groups is 1. The van der Waals surface area contributed by atoms with Crippen molar-refractivity contribution in [3.05, 3.63) is 42.9 Å². The molecule has 2 unspecified atom stereocenters. The minimum atomic E-state index is 0. The van der Waals surface area contributed by atoms with Gasteiger partial charge in [-0.15, -0.1) is 24.0 Å². The van der Waals surface area contributed by atoms with Crippen LogP contribution in [0.5, 0.6) is 0 Å². The predicted molar refractivity (Wildman–Crippen MR) is 137 cm³/mol. The first-order valence-electron chi connectivity index (χ1n) is 11.6. The van der Waals surface area contributed by atoms with E-state index >= 15 is 0 Å². The summed E-state index contributed by atoms with van der Waals surface area (Å²) in [5.74, 6) is 2.64. The third-order valence-corrected chi connectivity index (χ3v) is 6.36. The largest absolute Gasteiger partial charge is 0.469 e. The molecule has 2 aliphatic heterocycles. The normalized spacial score (nSPS) is 22.5. The Morgan fingerprint density at radius 2 is 2.16 bits per heavy atom. The van der Waals surface area contributed by atoms with Crippen molar-refractivity contribution in [2.45, 2.75) is 32.2 Å². The van der Waals surface area contributed by atoms with Gasteiger partial charge in [-0.2, -0.15) is 0 Å². The van der Waals surface area contributed by atoms with E-state index in [1.54, 1.807) is 6.26 Å². The molecule has 2 atom stereocenters. The molecule has 9 heteroatoms. The van der Waals surface area contributed by atoms with Crippen LogP contribution in [0.25, 0.3) is 0 Å².